The summed E-state index contributed by atoms with van der Waals surface area (Å²) in [5.41, 5.74) is 2.08. The van der Waals surface area contributed by atoms with Gasteiger partial charge in [0, 0.05) is 31.6 Å². The fourth-order valence-corrected chi connectivity index (χ4v) is 4.42. The molecule has 0 bridgehead atoms. The first kappa shape index (κ1) is 23.9. The van der Waals surface area contributed by atoms with E-state index in [4.69, 9.17) is 5.11 Å². The number of aromatic carboxylic acids is 1. The largest absolute Gasteiger partial charge is 0.476 e. The Bertz CT molecular complexity index is 1260. The van der Waals surface area contributed by atoms with E-state index in [-0.39, 0.29) is 17.2 Å². The molecule has 0 saturated carbocycles. The Morgan fingerprint density at radius 1 is 1.14 bits per heavy atom. The molecule has 1 aliphatic heterocycles. The van der Waals surface area contributed by atoms with Crippen molar-refractivity contribution >= 4 is 46.0 Å². The van der Waals surface area contributed by atoms with E-state index in [9.17, 15) is 19.2 Å². The Hall–Kier alpha value is -4.25. The molecule has 3 aromatic rings. The Balaban J connectivity index is 1.61. The number of benzene rings is 2. The molecule has 4 rings (SSSR count). The number of nitrogens with zero attached hydrogens (tertiary/aromatic N) is 3. The van der Waals surface area contributed by atoms with Gasteiger partial charge in [0.25, 0.3) is 5.91 Å². The van der Waals surface area contributed by atoms with Gasteiger partial charge in [0.1, 0.15) is 12.1 Å². The molecule has 2 unspecified atom stereocenters. The molecule has 4 amide bonds. The number of carbonyl (C=O) groups is 4. The van der Waals surface area contributed by atoms with Crippen LogP contribution in [0.15, 0.2) is 60.0 Å². The van der Waals surface area contributed by atoms with Crippen molar-refractivity contribution in [3.63, 3.8) is 0 Å². The van der Waals surface area contributed by atoms with Crippen LogP contribution in [0.3, 0.4) is 0 Å². The number of carbonyl (C=O) groups excluding carboxylic acids is 3. The van der Waals surface area contributed by atoms with Crippen LogP contribution in [-0.2, 0) is 16.0 Å². The van der Waals surface area contributed by atoms with Crippen LogP contribution in [0.5, 0.6) is 0 Å². The number of rotatable bonds is 8. The first-order chi connectivity index (χ1) is 16.7. The molecule has 1 aromatic heterocycles. The predicted octanol–water partition coefficient (Wildman–Crippen LogP) is 2.75. The molecule has 10 nitrogen and oxygen atoms in total. The molecule has 0 aliphatic carbocycles. The van der Waals surface area contributed by atoms with Crippen LogP contribution in [-0.4, -0.2) is 58.9 Å². The third kappa shape index (κ3) is 5.14. The van der Waals surface area contributed by atoms with Gasteiger partial charge in [-0.2, -0.15) is 0 Å². The number of anilines is 2. The van der Waals surface area contributed by atoms with Gasteiger partial charge in [0.15, 0.2) is 10.8 Å². The fourth-order valence-electron chi connectivity index (χ4n) is 3.74. The maximum atomic E-state index is 13.4. The summed E-state index contributed by atoms with van der Waals surface area (Å²) in [6, 6.07) is 13.4. The molecule has 35 heavy (non-hydrogen) atoms. The highest BCUT2D eigenvalue weighted by Crippen LogP contribution is 2.27. The third-order valence-corrected chi connectivity index (χ3v) is 6.31. The highest BCUT2D eigenvalue weighted by Gasteiger charge is 2.45. The van der Waals surface area contributed by atoms with Crippen molar-refractivity contribution in [2.24, 2.45) is 0 Å². The Morgan fingerprint density at radius 3 is 2.43 bits per heavy atom. The zero-order chi connectivity index (χ0) is 25.1. The highest BCUT2D eigenvalue weighted by molar-refractivity contribution is 7.14. The van der Waals surface area contributed by atoms with E-state index < -0.39 is 35.9 Å². The van der Waals surface area contributed by atoms with Gasteiger partial charge in [-0.1, -0.05) is 42.5 Å². The Morgan fingerprint density at radius 2 is 1.83 bits per heavy atom. The number of amides is 4. The zero-order valence-electron chi connectivity index (χ0n) is 19.0. The Kier molecular flexibility index (Phi) is 6.78. The molecule has 1 fully saturated rings. The second-order valence-electron chi connectivity index (χ2n) is 8.11. The van der Waals surface area contributed by atoms with Crippen molar-refractivity contribution in [1.82, 2.24) is 15.2 Å². The van der Waals surface area contributed by atoms with E-state index in [0.29, 0.717) is 5.56 Å². The number of nitrogens with one attached hydrogen (secondary N) is 2. The van der Waals surface area contributed by atoms with Crippen molar-refractivity contribution in [3.05, 3.63) is 76.8 Å². The minimum absolute atomic E-state index is 0.0633. The molecule has 1 saturated heterocycles. The molecular formula is C24H23N5O5S. The van der Waals surface area contributed by atoms with Gasteiger partial charge >= 0.3 is 12.0 Å². The van der Waals surface area contributed by atoms with Crippen molar-refractivity contribution in [1.29, 1.82) is 0 Å². The van der Waals surface area contributed by atoms with Crippen LogP contribution in [0, 0.1) is 0 Å². The minimum atomic E-state index is -1.22. The molecular weight excluding hydrogens is 470 g/mol. The fraction of sp³-hybridized carbons (Fsp3) is 0.208. The van der Waals surface area contributed by atoms with Crippen LogP contribution >= 0.6 is 11.3 Å². The van der Waals surface area contributed by atoms with Crippen LogP contribution in [0.2, 0.25) is 0 Å². The molecule has 11 heteroatoms. The molecule has 0 spiro atoms. The lowest BCUT2D eigenvalue weighted by molar-refractivity contribution is -0.134. The minimum Gasteiger partial charge on any atom is -0.476 e. The summed E-state index contributed by atoms with van der Waals surface area (Å²) in [5, 5.41) is 15.7. The van der Waals surface area contributed by atoms with Gasteiger partial charge in [-0.25, -0.2) is 19.5 Å². The van der Waals surface area contributed by atoms with E-state index in [2.05, 4.69) is 15.6 Å². The van der Waals surface area contributed by atoms with Crippen molar-refractivity contribution in [3.8, 4) is 0 Å². The lowest BCUT2D eigenvalue weighted by Gasteiger charge is -2.24. The predicted molar refractivity (Wildman–Crippen MR) is 131 cm³/mol. The first-order valence-electron chi connectivity index (χ1n) is 10.7. The summed E-state index contributed by atoms with van der Waals surface area (Å²) >= 11 is 0.943. The third-order valence-electron chi connectivity index (χ3n) is 5.55. The second kappa shape index (κ2) is 9.94. The van der Waals surface area contributed by atoms with Crippen molar-refractivity contribution < 1.29 is 24.3 Å². The van der Waals surface area contributed by atoms with Gasteiger partial charge in [0.2, 0.25) is 5.91 Å². The van der Waals surface area contributed by atoms with Crippen molar-refractivity contribution in [2.45, 2.75) is 18.5 Å². The first-order valence-corrected chi connectivity index (χ1v) is 11.6. The van der Waals surface area contributed by atoms with Gasteiger partial charge in [-0.05, 0) is 23.3 Å². The lowest BCUT2D eigenvalue weighted by Crippen LogP contribution is -2.49. The lowest BCUT2D eigenvalue weighted by atomic mass is 10.0. The second-order valence-corrected chi connectivity index (χ2v) is 8.97. The smallest absolute Gasteiger partial charge is 0.355 e. The number of carboxylic acid groups (broad SMARTS) is 1. The molecule has 1 aliphatic rings. The zero-order valence-corrected chi connectivity index (χ0v) is 19.8. The quantitative estimate of drug-likeness (QED) is 0.411. The van der Waals surface area contributed by atoms with Gasteiger partial charge in [0.05, 0.1) is 0 Å². The van der Waals surface area contributed by atoms with Crippen LogP contribution in [0.25, 0.3) is 0 Å². The van der Waals surface area contributed by atoms with E-state index in [1.54, 1.807) is 36.4 Å². The van der Waals surface area contributed by atoms with E-state index in [1.807, 2.05) is 37.2 Å². The number of imide groups is 1. The number of hydrogen-bond acceptors (Lipinski definition) is 7. The van der Waals surface area contributed by atoms with E-state index >= 15 is 0 Å². The number of thiazole rings is 1. The molecule has 2 atom stereocenters. The molecule has 180 valence electrons. The maximum absolute atomic E-state index is 13.4. The highest BCUT2D eigenvalue weighted by atomic mass is 32.1. The van der Waals surface area contributed by atoms with E-state index in [1.165, 1.54) is 5.38 Å². The van der Waals surface area contributed by atoms with Gasteiger partial charge < -0.3 is 20.6 Å². The number of urea groups is 1. The van der Waals surface area contributed by atoms with Crippen LogP contribution in [0.4, 0.5) is 15.6 Å². The molecule has 3 N–H and O–H groups in total. The summed E-state index contributed by atoms with van der Waals surface area (Å²) in [6.45, 7) is 0. The average molecular weight is 494 g/mol. The molecule has 2 aromatic carbocycles. The number of aromatic nitrogens is 1. The number of carboxylic acids is 1. The van der Waals surface area contributed by atoms with Gasteiger partial charge in [-0.15, -0.1) is 11.3 Å². The summed E-state index contributed by atoms with van der Waals surface area (Å²) in [6.07, 6.45) is 0.0787. The maximum Gasteiger partial charge on any atom is 0.355 e. The molecule has 0 radical (unpaired) electrons. The summed E-state index contributed by atoms with van der Waals surface area (Å²) < 4.78 is 0. The Labute approximate surface area is 205 Å². The summed E-state index contributed by atoms with van der Waals surface area (Å²) in [5.74, 6) is -2.42. The monoisotopic (exact) mass is 493 g/mol. The SMILES string of the molecule is CN(C)c1ccc(C2NC(=O)N(C(Cc3ccccc3)C(=O)Nc3nc(C(=O)O)cs3)C2=O)cc1. The standard InChI is InChI=1S/C24H23N5O5S/c1-28(2)16-10-8-15(9-11-16)19-21(31)29(24(34)26-19)18(12-14-6-4-3-5-7-14)20(30)27-23-25-17(13-35-23)22(32)33/h3-11,13,18-19H,12H2,1-2H3,(H,26,34)(H,32,33)(H,25,27,30). The number of hydrogen-bond donors (Lipinski definition) is 3. The van der Waals surface area contributed by atoms with Crippen LogP contribution in [0.1, 0.15) is 27.7 Å². The van der Waals surface area contributed by atoms with Crippen LogP contribution < -0.4 is 15.5 Å². The normalized spacial score (nSPS) is 16.1. The summed E-state index contributed by atoms with van der Waals surface area (Å²) in [4.78, 5) is 57.4. The van der Waals surface area contributed by atoms with Crippen molar-refractivity contribution in [2.75, 3.05) is 24.3 Å². The topological polar surface area (TPSA) is 132 Å². The average Bonchev–Trinajstić information content (AvgIpc) is 3.42. The van der Waals surface area contributed by atoms with Gasteiger partial charge in [-0.3, -0.25) is 9.59 Å². The molecule has 2 heterocycles. The van der Waals surface area contributed by atoms with E-state index in [0.717, 1.165) is 27.5 Å². The summed E-state index contributed by atoms with van der Waals surface area (Å²) in [7, 11) is 3.79.